The highest BCUT2D eigenvalue weighted by Gasteiger charge is 2.32. The van der Waals surface area contributed by atoms with E-state index in [2.05, 4.69) is 25.3 Å². The van der Waals surface area contributed by atoms with Crippen molar-refractivity contribution in [3.63, 3.8) is 0 Å². The number of aromatic nitrogens is 4. The minimum atomic E-state index is -0.529. The molecule has 0 bridgehead atoms. The predicted molar refractivity (Wildman–Crippen MR) is 70.1 cm³/mol. The molecule has 1 aliphatic heterocycles. The molecule has 2 N–H and O–H groups in total. The minimum Gasteiger partial charge on any atom is -0.365 e. The van der Waals surface area contributed by atoms with Gasteiger partial charge in [-0.3, -0.25) is 0 Å². The Morgan fingerprint density at radius 1 is 1.53 bits per heavy atom. The van der Waals surface area contributed by atoms with Gasteiger partial charge in [0.25, 0.3) is 0 Å². The summed E-state index contributed by atoms with van der Waals surface area (Å²) in [5, 5.41) is 3.34. The SMILES string of the molecule is CC1(C)OCC(CNc2nc(Cl)nc3nc[nH]c23)O1. The van der Waals surface area contributed by atoms with E-state index in [1.54, 1.807) is 6.33 Å². The number of H-pyrrole nitrogens is 1. The highest BCUT2D eigenvalue weighted by atomic mass is 35.5. The van der Waals surface area contributed by atoms with Gasteiger partial charge in [0, 0.05) is 6.54 Å². The summed E-state index contributed by atoms with van der Waals surface area (Å²) < 4.78 is 11.2. The van der Waals surface area contributed by atoms with Crippen molar-refractivity contribution in [1.29, 1.82) is 0 Å². The lowest BCUT2D eigenvalue weighted by molar-refractivity contribution is -0.136. The van der Waals surface area contributed by atoms with Crippen molar-refractivity contribution in [3.05, 3.63) is 11.6 Å². The van der Waals surface area contributed by atoms with Crippen molar-refractivity contribution in [1.82, 2.24) is 19.9 Å². The van der Waals surface area contributed by atoms with Crippen LogP contribution in [0.25, 0.3) is 11.2 Å². The zero-order valence-corrected chi connectivity index (χ0v) is 11.4. The first kappa shape index (κ1) is 12.6. The molecule has 1 aliphatic rings. The first-order valence-corrected chi connectivity index (χ1v) is 6.33. The van der Waals surface area contributed by atoms with Crippen LogP contribution in [-0.4, -0.2) is 45.0 Å². The topological polar surface area (TPSA) is 85.0 Å². The molecule has 102 valence electrons. The van der Waals surface area contributed by atoms with E-state index >= 15 is 0 Å². The van der Waals surface area contributed by atoms with E-state index in [0.717, 1.165) is 5.52 Å². The summed E-state index contributed by atoms with van der Waals surface area (Å²) in [4.78, 5) is 15.2. The Morgan fingerprint density at radius 3 is 3.11 bits per heavy atom. The highest BCUT2D eigenvalue weighted by Crippen LogP contribution is 2.23. The number of halogens is 1. The maximum absolute atomic E-state index is 5.85. The van der Waals surface area contributed by atoms with E-state index in [9.17, 15) is 0 Å². The van der Waals surface area contributed by atoms with E-state index in [0.29, 0.717) is 24.6 Å². The normalized spacial score (nSPS) is 21.9. The molecule has 1 atom stereocenters. The largest absolute Gasteiger partial charge is 0.365 e. The second-order valence-corrected chi connectivity index (χ2v) is 5.11. The number of nitrogens with zero attached hydrogens (tertiary/aromatic N) is 3. The van der Waals surface area contributed by atoms with Crippen LogP contribution >= 0.6 is 11.6 Å². The molecule has 0 saturated carbocycles. The molecule has 19 heavy (non-hydrogen) atoms. The second-order valence-electron chi connectivity index (χ2n) is 4.77. The molecule has 0 aromatic carbocycles. The van der Waals surface area contributed by atoms with Crippen LogP contribution in [0.5, 0.6) is 0 Å². The van der Waals surface area contributed by atoms with Crippen LogP contribution in [-0.2, 0) is 9.47 Å². The summed E-state index contributed by atoms with van der Waals surface area (Å²) in [7, 11) is 0. The number of imidazole rings is 1. The molecular formula is C11H14ClN5O2. The van der Waals surface area contributed by atoms with Crippen LogP contribution in [0.3, 0.4) is 0 Å². The van der Waals surface area contributed by atoms with Gasteiger partial charge in [-0.05, 0) is 25.4 Å². The average Bonchev–Trinajstić information content (AvgIpc) is 2.92. The molecule has 3 rings (SSSR count). The molecule has 7 nitrogen and oxygen atoms in total. The van der Waals surface area contributed by atoms with Gasteiger partial charge in [0.1, 0.15) is 11.6 Å². The van der Waals surface area contributed by atoms with Gasteiger partial charge in [-0.15, -0.1) is 0 Å². The summed E-state index contributed by atoms with van der Waals surface area (Å²) in [5.41, 5.74) is 1.26. The van der Waals surface area contributed by atoms with Gasteiger partial charge < -0.3 is 19.8 Å². The number of hydrogen-bond acceptors (Lipinski definition) is 6. The zero-order valence-electron chi connectivity index (χ0n) is 10.6. The Morgan fingerprint density at radius 2 is 2.37 bits per heavy atom. The van der Waals surface area contributed by atoms with E-state index < -0.39 is 5.79 Å². The number of aromatic amines is 1. The molecule has 8 heteroatoms. The monoisotopic (exact) mass is 283 g/mol. The fourth-order valence-corrected chi connectivity index (χ4v) is 2.17. The zero-order chi connectivity index (χ0) is 13.5. The standard InChI is InChI=1S/C11H14ClN5O2/c1-11(2)18-4-6(19-11)3-13-8-7-9(15-5-14-7)17-10(12)16-8/h5-6H,3-4H2,1-2H3,(H2,13,14,15,16,17). The fourth-order valence-electron chi connectivity index (χ4n) is 2.01. The maximum Gasteiger partial charge on any atom is 0.226 e. The van der Waals surface area contributed by atoms with Crippen LogP contribution in [0.4, 0.5) is 5.82 Å². The predicted octanol–water partition coefficient (Wildman–Crippen LogP) is 1.57. The van der Waals surface area contributed by atoms with Crippen LogP contribution in [0, 0.1) is 0 Å². The molecular weight excluding hydrogens is 270 g/mol. The Labute approximate surface area is 114 Å². The van der Waals surface area contributed by atoms with Gasteiger partial charge in [-0.2, -0.15) is 9.97 Å². The van der Waals surface area contributed by atoms with Crippen LogP contribution in [0.15, 0.2) is 6.33 Å². The van der Waals surface area contributed by atoms with E-state index in [-0.39, 0.29) is 11.4 Å². The van der Waals surface area contributed by atoms with Crippen LogP contribution in [0.1, 0.15) is 13.8 Å². The Kier molecular flexibility index (Phi) is 3.04. The number of anilines is 1. The smallest absolute Gasteiger partial charge is 0.226 e. The maximum atomic E-state index is 5.85. The van der Waals surface area contributed by atoms with Gasteiger partial charge in [-0.1, -0.05) is 0 Å². The van der Waals surface area contributed by atoms with Crippen molar-refractivity contribution in [2.75, 3.05) is 18.5 Å². The van der Waals surface area contributed by atoms with Gasteiger partial charge >= 0.3 is 0 Å². The quantitative estimate of drug-likeness (QED) is 0.832. The van der Waals surface area contributed by atoms with Crippen molar-refractivity contribution < 1.29 is 9.47 Å². The fraction of sp³-hybridized carbons (Fsp3) is 0.545. The molecule has 0 aliphatic carbocycles. The second kappa shape index (κ2) is 4.59. The summed E-state index contributed by atoms with van der Waals surface area (Å²) in [6, 6.07) is 0. The Bertz CT molecular complexity index is 600. The molecule has 0 spiro atoms. The molecule has 1 fully saturated rings. The summed E-state index contributed by atoms with van der Waals surface area (Å²) in [6.07, 6.45) is 1.53. The third-order valence-corrected chi connectivity index (χ3v) is 2.99. The molecule has 2 aromatic rings. The minimum absolute atomic E-state index is 0.0262. The highest BCUT2D eigenvalue weighted by molar-refractivity contribution is 6.28. The van der Waals surface area contributed by atoms with Gasteiger partial charge in [0.05, 0.1) is 12.9 Å². The summed E-state index contributed by atoms with van der Waals surface area (Å²) in [6.45, 7) is 4.90. The van der Waals surface area contributed by atoms with Crippen molar-refractivity contribution in [2.24, 2.45) is 0 Å². The lowest BCUT2D eigenvalue weighted by Gasteiger charge is -2.17. The lowest BCUT2D eigenvalue weighted by Crippen LogP contribution is -2.26. The van der Waals surface area contributed by atoms with Crippen LogP contribution < -0.4 is 5.32 Å². The third-order valence-electron chi connectivity index (χ3n) is 2.82. The number of rotatable bonds is 3. The third kappa shape index (κ3) is 2.63. The molecule has 1 unspecified atom stereocenters. The molecule has 2 aromatic heterocycles. The molecule has 3 heterocycles. The Hall–Kier alpha value is -1.44. The van der Waals surface area contributed by atoms with E-state index in [1.165, 1.54) is 0 Å². The molecule has 0 amide bonds. The first-order valence-electron chi connectivity index (χ1n) is 5.96. The average molecular weight is 284 g/mol. The number of nitrogens with one attached hydrogen (secondary N) is 2. The van der Waals surface area contributed by atoms with Crippen LogP contribution in [0.2, 0.25) is 5.28 Å². The number of hydrogen-bond donors (Lipinski definition) is 2. The number of fused-ring (bicyclic) bond motifs is 1. The summed E-state index contributed by atoms with van der Waals surface area (Å²) in [5.74, 6) is 0.0831. The Balaban J connectivity index is 1.73. The van der Waals surface area contributed by atoms with Crippen molar-refractivity contribution in [2.45, 2.75) is 25.7 Å². The van der Waals surface area contributed by atoms with E-state index in [4.69, 9.17) is 21.1 Å². The van der Waals surface area contributed by atoms with E-state index in [1.807, 2.05) is 13.8 Å². The molecule has 0 radical (unpaired) electrons. The molecule has 1 saturated heterocycles. The van der Waals surface area contributed by atoms with Gasteiger partial charge in [0.2, 0.25) is 5.28 Å². The van der Waals surface area contributed by atoms with Gasteiger partial charge in [-0.25, -0.2) is 4.98 Å². The summed E-state index contributed by atoms with van der Waals surface area (Å²) >= 11 is 5.85. The van der Waals surface area contributed by atoms with Crippen molar-refractivity contribution >= 4 is 28.6 Å². The van der Waals surface area contributed by atoms with Crippen molar-refractivity contribution in [3.8, 4) is 0 Å². The number of ether oxygens (including phenoxy) is 2. The lowest BCUT2D eigenvalue weighted by atomic mass is 10.3. The van der Waals surface area contributed by atoms with Gasteiger partial charge in [0.15, 0.2) is 17.3 Å². The first-order chi connectivity index (χ1) is 9.03.